The zero-order valence-electron chi connectivity index (χ0n) is 10.9. The SMILES string of the molecule is COc1cc(C=NNC(N)=O)cc(I)c1OC(C)C. The predicted molar refractivity (Wildman–Crippen MR) is 81.8 cm³/mol. The lowest BCUT2D eigenvalue weighted by atomic mass is 10.2. The molecule has 7 heteroatoms. The van der Waals surface area contributed by atoms with E-state index in [0.717, 1.165) is 9.13 Å². The third-order valence-electron chi connectivity index (χ3n) is 1.99. The van der Waals surface area contributed by atoms with E-state index in [9.17, 15) is 4.79 Å². The van der Waals surface area contributed by atoms with Crippen LogP contribution in [-0.4, -0.2) is 25.5 Å². The lowest BCUT2D eigenvalue weighted by Gasteiger charge is -2.15. The molecule has 0 saturated carbocycles. The van der Waals surface area contributed by atoms with Crippen molar-refractivity contribution in [2.45, 2.75) is 20.0 Å². The molecular formula is C12H16IN3O3. The van der Waals surface area contributed by atoms with Crippen LogP contribution in [0.25, 0.3) is 0 Å². The van der Waals surface area contributed by atoms with E-state index in [2.05, 4.69) is 33.1 Å². The van der Waals surface area contributed by atoms with E-state index in [0.29, 0.717) is 11.5 Å². The number of hydrazone groups is 1. The first kappa shape index (κ1) is 15.5. The van der Waals surface area contributed by atoms with E-state index in [4.69, 9.17) is 15.2 Å². The molecule has 1 aromatic rings. The first-order valence-corrected chi connectivity index (χ1v) is 6.64. The highest BCUT2D eigenvalue weighted by atomic mass is 127. The number of carbonyl (C=O) groups is 1. The average Bonchev–Trinajstić information content (AvgIpc) is 2.31. The highest BCUT2D eigenvalue weighted by Crippen LogP contribution is 2.34. The summed E-state index contributed by atoms with van der Waals surface area (Å²) < 4.78 is 11.9. The number of benzene rings is 1. The average molecular weight is 377 g/mol. The largest absolute Gasteiger partial charge is 0.493 e. The molecule has 0 fully saturated rings. The van der Waals surface area contributed by atoms with Crippen LogP contribution >= 0.6 is 22.6 Å². The summed E-state index contributed by atoms with van der Waals surface area (Å²) in [7, 11) is 1.57. The highest BCUT2D eigenvalue weighted by Gasteiger charge is 2.12. The molecule has 19 heavy (non-hydrogen) atoms. The van der Waals surface area contributed by atoms with Gasteiger partial charge in [-0.1, -0.05) is 0 Å². The quantitative estimate of drug-likeness (QED) is 0.468. The van der Waals surface area contributed by atoms with Gasteiger partial charge in [-0.05, 0) is 54.1 Å². The van der Waals surface area contributed by atoms with Crippen LogP contribution < -0.4 is 20.6 Å². The number of nitrogens with one attached hydrogen (secondary N) is 1. The normalized spacial score (nSPS) is 10.8. The summed E-state index contributed by atoms with van der Waals surface area (Å²) >= 11 is 2.15. The van der Waals surface area contributed by atoms with Crippen LogP contribution in [0.15, 0.2) is 17.2 Å². The molecule has 3 N–H and O–H groups in total. The van der Waals surface area contributed by atoms with Gasteiger partial charge in [-0.15, -0.1) is 0 Å². The number of hydrogen-bond donors (Lipinski definition) is 2. The molecular weight excluding hydrogens is 361 g/mol. The number of nitrogens with zero attached hydrogens (tertiary/aromatic N) is 1. The van der Waals surface area contributed by atoms with Crippen LogP contribution in [0, 0.1) is 3.57 Å². The molecule has 104 valence electrons. The maximum Gasteiger partial charge on any atom is 0.332 e. The summed E-state index contributed by atoms with van der Waals surface area (Å²) in [6.45, 7) is 3.89. The Hall–Kier alpha value is -1.51. The van der Waals surface area contributed by atoms with Crippen LogP contribution in [0.2, 0.25) is 0 Å². The maximum atomic E-state index is 10.5. The van der Waals surface area contributed by atoms with Crippen molar-refractivity contribution in [1.29, 1.82) is 0 Å². The second-order valence-electron chi connectivity index (χ2n) is 3.93. The second-order valence-corrected chi connectivity index (χ2v) is 5.10. The fourth-order valence-corrected chi connectivity index (χ4v) is 2.09. The van der Waals surface area contributed by atoms with Crippen molar-refractivity contribution in [3.63, 3.8) is 0 Å². The second kappa shape index (κ2) is 7.17. The Morgan fingerprint density at radius 3 is 2.74 bits per heavy atom. The maximum absolute atomic E-state index is 10.5. The highest BCUT2D eigenvalue weighted by molar-refractivity contribution is 14.1. The molecule has 0 spiro atoms. The summed E-state index contributed by atoms with van der Waals surface area (Å²) in [6, 6.07) is 2.93. The third-order valence-corrected chi connectivity index (χ3v) is 2.79. The molecule has 1 rings (SSSR count). The Kier molecular flexibility index (Phi) is 5.87. The van der Waals surface area contributed by atoms with Gasteiger partial charge in [0.2, 0.25) is 0 Å². The fourth-order valence-electron chi connectivity index (χ4n) is 1.33. The van der Waals surface area contributed by atoms with Crippen molar-refractivity contribution in [2.75, 3.05) is 7.11 Å². The summed E-state index contributed by atoms with van der Waals surface area (Å²) in [5.41, 5.74) is 7.81. The van der Waals surface area contributed by atoms with Gasteiger partial charge in [0.15, 0.2) is 11.5 Å². The Balaban J connectivity index is 3.01. The molecule has 0 atom stereocenters. The molecule has 0 heterocycles. The number of carbonyl (C=O) groups excluding carboxylic acids is 1. The van der Waals surface area contributed by atoms with Crippen LogP contribution in [0.4, 0.5) is 4.79 Å². The van der Waals surface area contributed by atoms with Crippen LogP contribution in [0.1, 0.15) is 19.4 Å². The molecule has 1 aromatic carbocycles. The number of rotatable bonds is 5. The Labute approximate surface area is 125 Å². The molecule has 0 aliphatic rings. The van der Waals surface area contributed by atoms with E-state index >= 15 is 0 Å². The van der Waals surface area contributed by atoms with Crippen LogP contribution in [0.5, 0.6) is 11.5 Å². The molecule has 0 aliphatic heterocycles. The van der Waals surface area contributed by atoms with E-state index in [-0.39, 0.29) is 6.10 Å². The van der Waals surface area contributed by atoms with E-state index in [1.807, 2.05) is 19.9 Å². The summed E-state index contributed by atoms with van der Waals surface area (Å²) in [4.78, 5) is 10.5. The number of nitrogens with two attached hydrogens (primary N) is 1. The van der Waals surface area contributed by atoms with Gasteiger partial charge < -0.3 is 15.2 Å². The van der Waals surface area contributed by atoms with E-state index < -0.39 is 6.03 Å². The van der Waals surface area contributed by atoms with Gasteiger partial charge in [-0.2, -0.15) is 5.10 Å². The van der Waals surface area contributed by atoms with Gasteiger partial charge >= 0.3 is 6.03 Å². The molecule has 0 unspecified atom stereocenters. The lowest BCUT2D eigenvalue weighted by molar-refractivity contribution is 0.228. The van der Waals surface area contributed by atoms with Gasteiger partial charge in [0.25, 0.3) is 0 Å². The molecule has 0 saturated heterocycles. The Morgan fingerprint density at radius 2 is 2.21 bits per heavy atom. The number of urea groups is 1. The third kappa shape index (κ3) is 4.93. The number of amides is 2. The minimum atomic E-state index is -0.710. The number of halogens is 1. The van der Waals surface area contributed by atoms with Crippen molar-refractivity contribution < 1.29 is 14.3 Å². The summed E-state index contributed by atoms with van der Waals surface area (Å²) in [5, 5.41) is 3.70. The zero-order chi connectivity index (χ0) is 14.4. The standard InChI is InChI=1S/C12H16IN3O3/c1-7(2)19-11-9(13)4-8(5-10(11)18-3)6-15-16-12(14)17/h4-7H,1-3H3,(H3,14,16,17). The number of primary amides is 1. The smallest absolute Gasteiger partial charge is 0.332 e. The minimum absolute atomic E-state index is 0.0541. The number of hydrogen-bond acceptors (Lipinski definition) is 4. The zero-order valence-corrected chi connectivity index (χ0v) is 13.1. The van der Waals surface area contributed by atoms with E-state index in [1.54, 1.807) is 13.2 Å². The van der Waals surface area contributed by atoms with Crippen molar-refractivity contribution in [2.24, 2.45) is 10.8 Å². The first-order chi connectivity index (χ1) is 8.93. The van der Waals surface area contributed by atoms with Crippen molar-refractivity contribution in [1.82, 2.24) is 5.43 Å². The van der Waals surface area contributed by atoms with Crippen molar-refractivity contribution >= 4 is 34.8 Å². The molecule has 2 amide bonds. The monoisotopic (exact) mass is 377 g/mol. The molecule has 0 aliphatic carbocycles. The molecule has 0 aromatic heterocycles. The van der Waals surface area contributed by atoms with Gasteiger partial charge in [0.05, 0.1) is 23.0 Å². The molecule has 6 nitrogen and oxygen atoms in total. The number of ether oxygens (including phenoxy) is 2. The van der Waals surface area contributed by atoms with Gasteiger partial charge in [-0.25, -0.2) is 10.2 Å². The van der Waals surface area contributed by atoms with Gasteiger partial charge in [0, 0.05) is 0 Å². The van der Waals surface area contributed by atoms with Gasteiger partial charge in [0.1, 0.15) is 0 Å². The lowest BCUT2D eigenvalue weighted by Crippen LogP contribution is -2.24. The van der Waals surface area contributed by atoms with E-state index in [1.165, 1.54) is 6.21 Å². The first-order valence-electron chi connectivity index (χ1n) is 5.56. The molecule has 0 radical (unpaired) electrons. The number of methoxy groups -OCH3 is 1. The molecule has 0 bridgehead atoms. The van der Waals surface area contributed by atoms with Crippen LogP contribution in [0.3, 0.4) is 0 Å². The minimum Gasteiger partial charge on any atom is -0.493 e. The van der Waals surface area contributed by atoms with Crippen molar-refractivity contribution in [3.05, 3.63) is 21.3 Å². The Bertz CT molecular complexity index is 489. The fraction of sp³-hybridized carbons (Fsp3) is 0.333. The van der Waals surface area contributed by atoms with Crippen molar-refractivity contribution in [3.8, 4) is 11.5 Å². The predicted octanol–water partition coefficient (Wildman–Crippen LogP) is 2.09. The summed E-state index contributed by atoms with van der Waals surface area (Å²) in [5.74, 6) is 1.30. The van der Waals surface area contributed by atoms with Crippen LogP contribution in [-0.2, 0) is 0 Å². The van der Waals surface area contributed by atoms with Gasteiger partial charge in [-0.3, -0.25) is 0 Å². The summed E-state index contributed by atoms with van der Waals surface area (Å²) in [6.07, 6.45) is 1.53. The Morgan fingerprint density at radius 1 is 1.53 bits per heavy atom. The topological polar surface area (TPSA) is 85.9 Å².